The third kappa shape index (κ3) is 3.99. The number of hydrogen-bond acceptors (Lipinski definition) is 2. The van der Waals surface area contributed by atoms with E-state index in [1.165, 1.54) is 4.68 Å². The number of alkyl halides is 3. The monoisotopic (exact) mass is 314 g/mol. The van der Waals surface area contributed by atoms with Crippen LogP contribution in [0.15, 0.2) is 4.47 Å². The SMILES string of the molecule is CCc1nn(C)c(CC(O)CC(F)(F)F)c1Br. The van der Waals surface area contributed by atoms with Gasteiger partial charge >= 0.3 is 6.18 Å². The molecule has 1 atom stereocenters. The summed E-state index contributed by atoms with van der Waals surface area (Å²) in [6, 6.07) is 0. The molecule has 1 aromatic rings. The van der Waals surface area contributed by atoms with Gasteiger partial charge < -0.3 is 5.11 Å². The minimum Gasteiger partial charge on any atom is -0.392 e. The maximum absolute atomic E-state index is 12.1. The molecule has 0 spiro atoms. The molecule has 1 aromatic heterocycles. The number of hydrogen-bond donors (Lipinski definition) is 1. The zero-order valence-corrected chi connectivity index (χ0v) is 11.1. The van der Waals surface area contributed by atoms with Crippen LogP contribution in [-0.4, -0.2) is 27.2 Å². The Balaban J connectivity index is 2.78. The van der Waals surface area contributed by atoms with Gasteiger partial charge in [-0.2, -0.15) is 18.3 Å². The summed E-state index contributed by atoms with van der Waals surface area (Å²) in [5.41, 5.74) is 1.36. The van der Waals surface area contributed by atoms with Crippen molar-refractivity contribution >= 4 is 15.9 Å². The van der Waals surface area contributed by atoms with Gasteiger partial charge in [0.05, 0.1) is 28.4 Å². The van der Waals surface area contributed by atoms with E-state index in [9.17, 15) is 18.3 Å². The molecule has 0 saturated carbocycles. The van der Waals surface area contributed by atoms with E-state index in [1.807, 2.05) is 6.92 Å². The van der Waals surface area contributed by atoms with Gasteiger partial charge in [-0.15, -0.1) is 0 Å². The van der Waals surface area contributed by atoms with Gasteiger partial charge in [0.1, 0.15) is 0 Å². The predicted molar refractivity (Wildman–Crippen MR) is 60.7 cm³/mol. The van der Waals surface area contributed by atoms with Gasteiger partial charge in [0.25, 0.3) is 0 Å². The van der Waals surface area contributed by atoms with Gasteiger partial charge in [-0.25, -0.2) is 0 Å². The molecule has 98 valence electrons. The maximum atomic E-state index is 12.1. The molecule has 0 aliphatic carbocycles. The smallest absolute Gasteiger partial charge is 0.391 e. The van der Waals surface area contributed by atoms with Crippen molar-refractivity contribution in [2.24, 2.45) is 7.05 Å². The minimum atomic E-state index is -4.35. The van der Waals surface area contributed by atoms with Crippen LogP contribution in [0.4, 0.5) is 13.2 Å². The van der Waals surface area contributed by atoms with Crippen molar-refractivity contribution in [3.05, 3.63) is 15.9 Å². The summed E-state index contributed by atoms with van der Waals surface area (Å²) in [5, 5.41) is 13.5. The second kappa shape index (κ2) is 5.39. The number of halogens is 4. The third-order valence-corrected chi connectivity index (χ3v) is 3.31. The third-order valence-electron chi connectivity index (χ3n) is 2.40. The lowest BCUT2D eigenvalue weighted by Gasteiger charge is -2.13. The van der Waals surface area contributed by atoms with Gasteiger partial charge in [0.15, 0.2) is 0 Å². The first kappa shape index (κ1) is 14.5. The zero-order chi connectivity index (χ0) is 13.2. The number of nitrogens with zero attached hydrogens (tertiary/aromatic N) is 2. The molecule has 0 bridgehead atoms. The highest BCUT2D eigenvalue weighted by molar-refractivity contribution is 9.10. The summed E-state index contributed by atoms with van der Waals surface area (Å²) < 4.78 is 38.4. The maximum Gasteiger partial charge on any atom is 0.391 e. The van der Waals surface area contributed by atoms with E-state index >= 15 is 0 Å². The molecule has 1 N–H and O–H groups in total. The van der Waals surface area contributed by atoms with E-state index in [1.54, 1.807) is 7.05 Å². The van der Waals surface area contributed by atoms with E-state index in [-0.39, 0.29) is 6.42 Å². The Labute approximate surface area is 106 Å². The fourth-order valence-corrected chi connectivity index (χ4v) is 2.38. The summed E-state index contributed by atoms with van der Waals surface area (Å²) in [5.74, 6) is 0. The fraction of sp³-hybridized carbons (Fsp3) is 0.700. The molecule has 0 amide bonds. The number of rotatable bonds is 4. The Morgan fingerprint density at radius 2 is 2.06 bits per heavy atom. The van der Waals surface area contributed by atoms with Gasteiger partial charge in [-0.1, -0.05) is 6.92 Å². The van der Waals surface area contributed by atoms with E-state index in [0.29, 0.717) is 16.6 Å². The molecule has 0 saturated heterocycles. The van der Waals surface area contributed by atoms with Crippen molar-refractivity contribution in [3.63, 3.8) is 0 Å². The van der Waals surface area contributed by atoms with Crippen molar-refractivity contribution < 1.29 is 18.3 Å². The van der Waals surface area contributed by atoms with Crippen molar-refractivity contribution in [1.82, 2.24) is 9.78 Å². The molecule has 1 unspecified atom stereocenters. The molecule has 0 aromatic carbocycles. The normalized spacial score (nSPS) is 14.1. The largest absolute Gasteiger partial charge is 0.392 e. The molecule has 0 aliphatic heterocycles. The first-order valence-electron chi connectivity index (χ1n) is 5.19. The second-order valence-electron chi connectivity index (χ2n) is 3.86. The summed E-state index contributed by atoms with van der Waals surface area (Å²) in [6.07, 6.45) is -6.37. The number of aromatic nitrogens is 2. The van der Waals surface area contributed by atoms with Crippen LogP contribution in [0.1, 0.15) is 24.7 Å². The zero-order valence-electron chi connectivity index (χ0n) is 9.55. The van der Waals surface area contributed by atoms with Crippen LogP contribution in [0.2, 0.25) is 0 Å². The van der Waals surface area contributed by atoms with Gasteiger partial charge in [0.2, 0.25) is 0 Å². The van der Waals surface area contributed by atoms with Crippen molar-refractivity contribution in [2.75, 3.05) is 0 Å². The standard InChI is InChI=1S/C10H14BrF3N2O/c1-3-7-9(11)8(16(2)15-7)4-6(17)5-10(12,13)14/h6,17H,3-5H2,1-2H3. The first-order chi connectivity index (χ1) is 7.74. The summed E-state index contributed by atoms with van der Waals surface area (Å²) >= 11 is 3.29. The summed E-state index contributed by atoms with van der Waals surface area (Å²) in [4.78, 5) is 0. The molecule has 7 heteroatoms. The molecular formula is C10H14BrF3N2O. The fourth-order valence-electron chi connectivity index (χ4n) is 1.60. The predicted octanol–water partition coefficient (Wildman–Crippen LogP) is 2.60. The molecule has 1 rings (SSSR count). The highest BCUT2D eigenvalue weighted by atomic mass is 79.9. The molecule has 0 fully saturated rings. The molecule has 1 heterocycles. The highest BCUT2D eigenvalue weighted by Crippen LogP contribution is 2.26. The summed E-state index contributed by atoms with van der Waals surface area (Å²) in [7, 11) is 1.65. The van der Waals surface area contributed by atoms with Crippen LogP contribution < -0.4 is 0 Å². The molecular weight excluding hydrogens is 301 g/mol. The van der Waals surface area contributed by atoms with Gasteiger partial charge in [-0.05, 0) is 22.4 Å². The van der Waals surface area contributed by atoms with Crippen LogP contribution >= 0.6 is 15.9 Å². The van der Waals surface area contributed by atoms with Crippen LogP contribution in [0.25, 0.3) is 0 Å². The Morgan fingerprint density at radius 3 is 2.47 bits per heavy atom. The number of aryl methyl sites for hydroxylation is 2. The van der Waals surface area contributed by atoms with E-state index in [0.717, 1.165) is 5.69 Å². The van der Waals surface area contributed by atoms with E-state index in [2.05, 4.69) is 21.0 Å². The van der Waals surface area contributed by atoms with Crippen molar-refractivity contribution in [2.45, 2.75) is 38.5 Å². The summed E-state index contributed by atoms with van der Waals surface area (Å²) in [6.45, 7) is 1.91. The van der Waals surface area contributed by atoms with Crippen molar-refractivity contribution in [3.8, 4) is 0 Å². The molecule has 0 aliphatic rings. The van der Waals surface area contributed by atoms with Crippen LogP contribution in [0.3, 0.4) is 0 Å². The minimum absolute atomic E-state index is 0.0659. The molecule has 0 radical (unpaired) electrons. The molecule has 17 heavy (non-hydrogen) atoms. The average molecular weight is 315 g/mol. The van der Waals surface area contributed by atoms with Crippen LogP contribution in [0.5, 0.6) is 0 Å². The van der Waals surface area contributed by atoms with Gasteiger partial charge in [0, 0.05) is 13.5 Å². The Bertz CT molecular complexity index is 390. The Hall–Kier alpha value is -0.560. The lowest BCUT2D eigenvalue weighted by molar-refractivity contribution is -0.153. The lowest BCUT2D eigenvalue weighted by atomic mass is 10.1. The molecule has 3 nitrogen and oxygen atoms in total. The Morgan fingerprint density at radius 1 is 1.47 bits per heavy atom. The number of aliphatic hydroxyl groups excluding tert-OH is 1. The van der Waals surface area contributed by atoms with Crippen LogP contribution in [0, 0.1) is 0 Å². The quantitative estimate of drug-likeness (QED) is 0.927. The average Bonchev–Trinajstić information content (AvgIpc) is 2.42. The van der Waals surface area contributed by atoms with Crippen LogP contribution in [-0.2, 0) is 19.9 Å². The highest BCUT2D eigenvalue weighted by Gasteiger charge is 2.32. The number of aliphatic hydroxyl groups is 1. The first-order valence-corrected chi connectivity index (χ1v) is 5.99. The second-order valence-corrected chi connectivity index (χ2v) is 4.65. The van der Waals surface area contributed by atoms with E-state index in [4.69, 9.17) is 0 Å². The topological polar surface area (TPSA) is 38.0 Å². The van der Waals surface area contributed by atoms with Gasteiger partial charge in [-0.3, -0.25) is 4.68 Å². The lowest BCUT2D eigenvalue weighted by Crippen LogP contribution is -2.22. The van der Waals surface area contributed by atoms with Crippen molar-refractivity contribution in [1.29, 1.82) is 0 Å². The Kier molecular flexibility index (Phi) is 4.60. The van der Waals surface area contributed by atoms with E-state index < -0.39 is 18.7 Å².